The number of carbonyl (C=O) groups is 4. The van der Waals surface area contributed by atoms with Crippen molar-refractivity contribution in [3.63, 3.8) is 0 Å². The van der Waals surface area contributed by atoms with Crippen LogP contribution in [0.15, 0.2) is 109 Å². The lowest BCUT2D eigenvalue weighted by atomic mass is 10.0. The van der Waals surface area contributed by atoms with Gasteiger partial charge in [0.05, 0.1) is 26.4 Å². The summed E-state index contributed by atoms with van der Waals surface area (Å²) in [6.45, 7) is 4.58. The highest BCUT2D eigenvalue weighted by Gasteiger charge is 2.30. The Morgan fingerprint density at radius 1 is 0.290 bits per heavy atom. The van der Waals surface area contributed by atoms with Gasteiger partial charge in [-0.15, -0.1) is 0 Å². The third-order valence-electron chi connectivity index (χ3n) is 16.2. The fraction of sp³-hybridized carbons (Fsp3) is 0.728. The smallest absolute Gasteiger partial charge is 0.462 e. The first kappa shape index (κ1) is 95.7. The van der Waals surface area contributed by atoms with Gasteiger partial charge in [-0.3, -0.25) is 37.3 Å². The Kier molecular flexibility index (Phi) is 69.9. The zero-order valence-electron chi connectivity index (χ0n) is 62.8. The van der Waals surface area contributed by atoms with Crippen LogP contribution in [-0.2, 0) is 65.4 Å². The number of rotatable bonds is 73. The first-order valence-corrected chi connectivity index (χ1v) is 42.1. The second-order valence-electron chi connectivity index (χ2n) is 25.9. The van der Waals surface area contributed by atoms with E-state index in [-0.39, 0.29) is 25.7 Å². The minimum absolute atomic E-state index is 0.0722. The topological polar surface area (TPSA) is 237 Å². The fourth-order valence-electron chi connectivity index (χ4n) is 10.3. The minimum Gasteiger partial charge on any atom is -0.462 e. The summed E-state index contributed by atoms with van der Waals surface area (Å²) in [4.78, 5) is 72.9. The summed E-state index contributed by atoms with van der Waals surface area (Å²) in [5.41, 5.74) is 0. The Bertz CT molecular complexity index is 2320. The van der Waals surface area contributed by atoms with Crippen molar-refractivity contribution in [2.24, 2.45) is 0 Å². The van der Waals surface area contributed by atoms with Gasteiger partial charge in [0.1, 0.15) is 19.3 Å². The SMILES string of the molecule is CC/C=C\C/C=C\C/C=C\C/C=C\C/C=C\CCCC(=O)OCC(COP(=O)(O)OCC(O)COP(=O)(O)OCC(COC(=O)CCCCCCCCC/C=C\C/C=C\C/C=C\CC)OC(=O)CCCCCCCCCCCCCCC)OC(=O)CCCCCCC/C=C\CCCCCC. The number of aliphatic hydroxyl groups excluding tert-OH is 1. The maximum atomic E-state index is 13.1. The van der Waals surface area contributed by atoms with E-state index < -0.39 is 97.5 Å². The van der Waals surface area contributed by atoms with Gasteiger partial charge >= 0.3 is 39.5 Å². The lowest BCUT2D eigenvalue weighted by Gasteiger charge is -2.21. The molecule has 0 fully saturated rings. The van der Waals surface area contributed by atoms with Crippen LogP contribution in [0.4, 0.5) is 0 Å². The summed E-state index contributed by atoms with van der Waals surface area (Å²) in [7, 11) is -9.97. The van der Waals surface area contributed by atoms with Crippen molar-refractivity contribution in [2.75, 3.05) is 39.6 Å². The van der Waals surface area contributed by atoms with E-state index in [9.17, 15) is 43.2 Å². The number of phosphoric ester groups is 2. The number of allylic oxidation sites excluding steroid dienone is 18. The largest absolute Gasteiger partial charge is 0.472 e. The quantitative estimate of drug-likeness (QED) is 0.0169. The standard InChI is InChI=1S/C81H140O17P2/c1-5-9-13-17-21-25-29-33-35-37-39-43-45-49-53-57-61-65-78(83)91-71-76(97-80(85)67-63-59-55-51-47-41-31-27-23-19-15-11-7-3)73-95-99(87,88)93-69-75(82)70-94-100(89,90)96-74-77(98-81(86)68-64-60-56-52-48-42-32-28-24-20-16-12-8-4)72-92-79(84)66-62-58-54-50-46-44-40-38-36-34-30-26-22-18-14-10-6-2/h9-10,13-14,21-22,25-27,31,33-36,39,43,49,53,75-77,82H,5-8,11-12,15-20,23-24,28-30,32,37-38,40-42,44-48,50-52,54-74H2,1-4H3,(H,87,88)(H,89,90)/b13-9-,14-10-,25-21-,26-22-,31-27-,35-33-,36-34-,43-39-,53-49-. The number of aliphatic hydroxyl groups is 1. The van der Waals surface area contributed by atoms with Gasteiger partial charge < -0.3 is 33.8 Å². The monoisotopic (exact) mass is 1450 g/mol. The van der Waals surface area contributed by atoms with E-state index in [2.05, 4.69) is 125 Å². The van der Waals surface area contributed by atoms with E-state index >= 15 is 0 Å². The first-order valence-electron chi connectivity index (χ1n) is 39.1. The van der Waals surface area contributed by atoms with Crippen LogP contribution in [0.1, 0.15) is 323 Å². The number of hydrogen-bond acceptors (Lipinski definition) is 15. The van der Waals surface area contributed by atoms with Crippen LogP contribution in [-0.4, -0.2) is 96.7 Å². The van der Waals surface area contributed by atoms with E-state index in [1.165, 1.54) is 77.0 Å². The zero-order valence-corrected chi connectivity index (χ0v) is 64.6. The Hall–Kier alpha value is -4.28. The molecule has 0 aliphatic rings. The Morgan fingerprint density at radius 2 is 0.530 bits per heavy atom. The van der Waals surface area contributed by atoms with E-state index in [0.29, 0.717) is 32.1 Å². The molecule has 0 heterocycles. The van der Waals surface area contributed by atoms with Crippen molar-refractivity contribution >= 4 is 39.5 Å². The summed E-state index contributed by atoms with van der Waals surface area (Å²) in [5, 5.41) is 10.6. The second-order valence-corrected chi connectivity index (χ2v) is 28.8. The molecule has 0 aromatic rings. The van der Waals surface area contributed by atoms with E-state index in [0.717, 1.165) is 161 Å². The molecule has 0 aliphatic carbocycles. The molecule has 100 heavy (non-hydrogen) atoms. The predicted molar refractivity (Wildman–Crippen MR) is 408 cm³/mol. The number of phosphoric acid groups is 2. The molecular formula is C81H140O17P2. The second kappa shape index (κ2) is 73.0. The number of esters is 4. The van der Waals surface area contributed by atoms with Crippen LogP contribution in [0.25, 0.3) is 0 Å². The molecule has 3 N–H and O–H groups in total. The molecule has 0 bridgehead atoms. The molecule has 5 unspecified atom stereocenters. The summed E-state index contributed by atoms with van der Waals surface area (Å²) >= 11 is 0. The molecular weight excluding hydrogens is 1310 g/mol. The average Bonchev–Trinajstić information content (AvgIpc) is 0.943. The normalized spacial score (nSPS) is 14.5. The molecule has 5 atom stereocenters. The van der Waals surface area contributed by atoms with Gasteiger partial charge in [0, 0.05) is 25.7 Å². The van der Waals surface area contributed by atoms with Gasteiger partial charge in [0.2, 0.25) is 0 Å². The minimum atomic E-state index is -4.99. The number of carbonyl (C=O) groups excluding carboxylic acids is 4. The highest BCUT2D eigenvalue weighted by molar-refractivity contribution is 7.47. The van der Waals surface area contributed by atoms with Crippen molar-refractivity contribution in [2.45, 2.75) is 341 Å². The number of hydrogen-bond donors (Lipinski definition) is 3. The van der Waals surface area contributed by atoms with Crippen molar-refractivity contribution in [3.05, 3.63) is 109 Å². The van der Waals surface area contributed by atoms with Crippen LogP contribution in [0.2, 0.25) is 0 Å². The molecule has 0 aromatic heterocycles. The Balaban J connectivity index is 5.38. The van der Waals surface area contributed by atoms with Gasteiger partial charge in [-0.1, -0.05) is 285 Å². The third kappa shape index (κ3) is 72.1. The van der Waals surface area contributed by atoms with Crippen LogP contribution < -0.4 is 0 Å². The third-order valence-corrected chi connectivity index (χ3v) is 18.1. The maximum Gasteiger partial charge on any atom is 0.472 e. The first-order chi connectivity index (χ1) is 48.7. The van der Waals surface area contributed by atoms with Crippen LogP contribution in [0, 0.1) is 0 Å². The van der Waals surface area contributed by atoms with Crippen LogP contribution in [0.3, 0.4) is 0 Å². The predicted octanol–water partition coefficient (Wildman–Crippen LogP) is 22.6. The molecule has 0 saturated heterocycles. The van der Waals surface area contributed by atoms with E-state index in [1.54, 1.807) is 0 Å². The summed E-state index contributed by atoms with van der Waals surface area (Å²) in [5.74, 6) is -2.25. The fourth-order valence-corrected chi connectivity index (χ4v) is 11.9. The van der Waals surface area contributed by atoms with Gasteiger partial charge in [-0.25, -0.2) is 9.13 Å². The van der Waals surface area contributed by atoms with Gasteiger partial charge in [-0.2, -0.15) is 0 Å². The van der Waals surface area contributed by atoms with E-state index in [4.69, 9.17) is 37.0 Å². The molecule has 19 heteroatoms. The molecule has 0 rings (SSSR count). The zero-order chi connectivity index (χ0) is 73.2. The molecule has 0 aromatic carbocycles. The lowest BCUT2D eigenvalue weighted by molar-refractivity contribution is -0.161. The highest BCUT2D eigenvalue weighted by atomic mass is 31.2. The molecule has 0 spiro atoms. The van der Waals surface area contributed by atoms with Crippen molar-refractivity contribution < 1.29 is 80.2 Å². The molecule has 0 amide bonds. The molecule has 0 saturated carbocycles. The Morgan fingerprint density at radius 3 is 0.860 bits per heavy atom. The maximum absolute atomic E-state index is 13.1. The van der Waals surface area contributed by atoms with Crippen LogP contribution >= 0.6 is 15.6 Å². The van der Waals surface area contributed by atoms with Gasteiger partial charge in [0.15, 0.2) is 12.2 Å². The summed E-state index contributed by atoms with van der Waals surface area (Å²) in [6.07, 6.45) is 77.9. The molecule has 0 aliphatic heterocycles. The summed E-state index contributed by atoms with van der Waals surface area (Å²) < 4.78 is 68.5. The lowest BCUT2D eigenvalue weighted by Crippen LogP contribution is -2.30. The molecule has 576 valence electrons. The molecule has 0 radical (unpaired) electrons. The van der Waals surface area contributed by atoms with Crippen molar-refractivity contribution in [1.82, 2.24) is 0 Å². The van der Waals surface area contributed by atoms with E-state index in [1.807, 2.05) is 12.2 Å². The van der Waals surface area contributed by atoms with Gasteiger partial charge in [0.25, 0.3) is 0 Å². The Labute approximate surface area is 607 Å². The van der Waals surface area contributed by atoms with Crippen LogP contribution in [0.5, 0.6) is 0 Å². The molecule has 17 nitrogen and oxygen atoms in total. The van der Waals surface area contributed by atoms with Crippen molar-refractivity contribution in [3.8, 4) is 0 Å². The highest BCUT2D eigenvalue weighted by Crippen LogP contribution is 2.45. The van der Waals surface area contributed by atoms with Crippen molar-refractivity contribution in [1.29, 1.82) is 0 Å². The average molecular weight is 1450 g/mol. The summed E-state index contributed by atoms with van der Waals surface area (Å²) in [6, 6.07) is 0. The number of ether oxygens (including phenoxy) is 4. The number of unbranched alkanes of at least 4 members (excludes halogenated alkanes) is 29. The van der Waals surface area contributed by atoms with Gasteiger partial charge in [-0.05, 0) is 122 Å².